The third kappa shape index (κ3) is 13.1. The Kier molecular flexibility index (Phi) is 18.6. The van der Waals surface area contributed by atoms with Crippen molar-refractivity contribution < 1.29 is 71.3 Å². The molecule has 6 aliphatic rings. The molecule has 2 spiro atoms. The second-order valence-electron chi connectivity index (χ2n) is 23.0. The van der Waals surface area contributed by atoms with Gasteiger partial charge in [0.25, 0.3) is 0 Å². The first-order chi connectivity index (χ1) is 38.2. The summed E-state index contributed by atoms with van der Waals surface area (Å²) in [6, 6.07) is 27.4. The molecule has 10 rings (SSSR count). The molecule has 2 aliphatic carbocycles. The Morgan fingerprint density at radius 3 is 1.46 bits per heavy atom. The fraction of sp³-hybridized carbons (Fsp3) is 0.556. The van der Waals surface area contributed by atoms with Crippen LogP contribution in [0.5, 0.6) is 11.5 Å². The van der Waals surface area contributed by atoms with Gasteiger partial charge < -0.3 is 52.1 Å². The lowest BCUT2D eigenvalue weighted by Gasteiger charge is -2.52. The SMILES string of the molecule is CC[C@H]1OC(OC)(c2ccc(Cl)c(Cc3ccc(OC4CC5(COC5)C4)cc3)c2)[C@H](OC(C)=O)[C@@H](OC(C)=O)[C@@H]1C.CC[C@H]1OC(c2ccc(Cl)c(Cc3ccc(OC4CC5(COC5)C4)cc3)c2)[C@H](OC(C)=O)[C@@H](OC(C)=O)[C@@H]1C. The summed E-state index contributed by atoms with van der Waals surface area (Å²) in [4.78, 5) is 48.3. The molecule has 10 atom stereocenters. The van der Waals surface area contributed by atoms with E-state index in [2.05, 4.69) is 12.1 Å². The highest BCUT2D eigenvalue weighted by molar-refractivity contribution is 6.31. The zero-order valence-electron chi connectivity index (χ0n) is 47.3. The quantitative estimate of drug-likeness (QED) is 0.0722. The number of benzene rings is 4. The van der Waals surface area contributed by atoms with Crippen molar-refractivity contribution in [2.75, 3.05) is 33.5 Å². The van der Waals surface area contributed by atoms with E-state index in [1.807, 2.05) is 88.4 Å². The highest BCUT2D eigenvalue weighted by atomic mass is 35.5. The van der Waals surface area contributed by atoms with Crippen LogP contribution in [-0.2, 0) is 80.4 Å². The van der Waals surface area contributed by atoms with Gasteiger partial charge in [-0.1, -0.05) is 93.4 Å². The molecule has 17 heteroatoms. The number of carbonyl (C=O) groups is 4. The molecule has 0 N–H and O–H groups in total. The van der Waals surface area contributed by atoms with Crippen molar-refractivity contribution in [1.29, 1.82) is 0 Å². The molecule has 432 valence electrons. The number of rotatable bonds is 17. The maximum atomic E-state index is 12.3. The predicted octanol–water partition coefficient (Wildman–Crippen LogP) is 11.4. The molecule has 4 aliphatic heterocycles. The average Bonchev–Trinajstić information content (AvgIpc) is 3.39. The van der Waals surface area contributed by atoms with Crippen LogP contribution in [0.2, 0.25) is 10.0 Å². The van der Waals surface area contributed by atoms with Crippen molar-refractivity contribution in [3.8, 4) is 11.5 Å². The summed E-state index contributed by atoms with van der Waals surface area (Å²) in [5.41, 5.74) is 6.09. The minimum atomic E-state index is -1.51. The molecule has 0 amide bonds. The van der Waals surface area contributed by atoms with Crippen LogP contribution in [0.25, 0.3) is 0 Å². The summed E-state index contributed by atoms with van der Waals surface area (Å²) in [6.45, 7) is 16.7. The van der Waals surface area contributed by atoms with Gasteiger partial charge in [0, 0.05) is 73.1 Å². The van der Waals surface area contributed by atoms with Crippen LogP contribution in [0.4, 0.5) is 0 Å². The molecule has 2 unspecified atom stereocenters. The second kappa shape index (κ2) is 25.1. The van der Waals surface area contributed by atoms with E-state index in [0.717, 1.165) is 97.8 Å². The fourth-order valence-corrected chi connectivity index (χ4v) is 12.9. The Labute approximate surface area is 479 Å². The average molecular weight is 1140 g/mol. The molecule has 4 saturated heterocycles. The van der Waals surface area contributed by atoms with Gasteiger partial charge in [-0.05, 0) is 122 Å². The van der Waals surface area contributed by atoms with Crippen LogP contribution in [0, 0.1) is 22.7 Å². The minimum Gasteiger partial charge on any atom is -0.490 e. The number of hydrogen-bond donors (Lipinski definition) is 0. The van der Waals surface area contributed by atoms with Crippen molar-refractivity contribution in [3.63, 3.8) is 0 Å². The Bertz CT molecular complexity index is 2820. The highest BCUT2D eigenvalue weighted by Crippen LogP contribution is 2.50. The first kappa shape index (κ1) is 59.4. The van der Waals surface area contributed by atoms with Gasteiger partial charge >= 0.3 is 23.9 Å². The smallest absolute Gasteiger partial charge is 0.303 e. The van der Waals surface area contributed by atoms with Gasteiger partial charge in [-0.15, -0.1) is 0 Å². The lowest BCUT2D eigenvalue weighted by molar-refractivity contribution is -0.356. The van der Waals surface area contributed by atoms with Crippen molar-refractivity contribution in [2.45, 2.75) is 167 Å². The third-order valence-corrected chi connectivity index (χ3v) is 17.6. The number of methoxy groups -OCH3 is 1. The molecular formula is C63H76Cl2O15. The van der Waals surface area contributed by atoms with E-state index in [9.17, 15) is 19.2 Å². The van der Waals surface area contributed by atoms with Gasteiger partial charge in [0.1, 0.15) is 42.0 Å². The zero-order valence-corrected chi connectivity index (χ0v) is 48.8. The van der Waals surface area contributed by atoms with Crippen molar-refractivity contribution in [3.05, 3.63) is 128 Å². The van der Waals surface area contributed by atoms with Gasteiger partial charge in [-0.25, -0.2) is 0 Å². The molecule has 80 heavy (non-hydrogen) atoms. The van der Waals surface area contributed by atoms with Crippen LogP contribution in [0.3, 0.4) is 0 Å². The Balaban J connectivity index is 0.000000194. The zero-order chi connectivity index (χ0) is 57.1. The molecule has 0 bridgehead atoms. The number of ether oxygens (including phenoxy) is 11. The van der Waals surface area contributed by atoms with Gasteiger partial charge in [-0.2, -0.15) is 0 Å². The first-order valence-corrected chi connectivity index (χ1v) is 28.8. The van der Waals surface area contributed by atoms with Crippen LogP contribution in [0.1, 0.15) is 133 Å². The highest BCUT2D eigenvalue weighted by Gasteiger charge is 2.59. The van der Waals surface area contributed by atoms with Gasteiger partial charge in [0.05, 0.1) is 38.6 Å². The number of halogens is 2. The molecule has 2 saturated carbocycles. The van der Waals surface area contributed by atoms with Crippen molar-refractivity contribution in [1.82, 2.24) is 0 Å². The van der Waals surface area contributed by atoms with Crippen LogP contribution < -0.4 is 9.47 Å². The van der Waals surface area contributed by atoms with Crippen LogP contribution >= 0.6 is 23.2 Å². The molecular weight excluding hydrogens is 1070 g/mol. The molecule has 15 nitrogen and oxygen atoms in total. The molecule has 0 radical (unpaired) electrons. The van der Waals surface area contributed by atoms with E-state index in [0.29, 0.717) is 45.7 Å². The van der Waals surface area contributed by atoms with Crippen molar-refractivity contribution >= 4 is 47.1 Å². The van der Waals surface area contributed by atoms with Gasteiger partial charge in [0.2, 0.25) is 5.79 Å². The number of carbonyl (C=O) groups excluding carboxylic acids is 4. The molecule has 4 heterocycles. The molecule has 4 aromatic carbocycles. The second-order valence-corrected chi connectivity index (χ2v) is 23.8. The van der Waals surface area contributed by atoms with Gasteiger partial charge in [0.15, 0.2) is 12.2 Å². The molecule has 4 aromatic rings. The maximum absolute atomic E-state index is 12.3. The van der Waals surface area contributed by atoms with Crippen LogP contribution in [0.15, 0.2) is 84.9 Å². The molecule has 6 fully saturated rings. The Morgan fingerprint density at radius 2 is 1.01 bits per heavy atom. The van der Waals surface area contributed by atoms with E-state index in [1.165, 1.54) is 34.8 Å². The number of esters is 4. The van der Waals surface area contributed by atoms with E-state index in [1.54, 1.807) is 12.1 Å². The van der Waals surface area contributed by atoms with E-state index >= 15 is 0 Å². The van der Waals surface area contributed by atoms with Crippen LogP contribution in [-0.4, -0.2) is 106 Å². The van der Waals surface area contributed by atoms with E-state index < -0.39 is 60.2 Å². The lowest BCUT2D eigenvalue weighted by Crippen LogP contribution is -2.62. The standard InChI is InChI=1S/C32H39ClO8.C31H37ClO7/c1-6-28-19(2)29(38-20(3)34)30(39-21(4)35)32(36-5,41-28)24-9-12-27(33)23(14-24)13-22-7-10-25(11-8-22)40-26-15-31(16-26)17-37-18-31;1-5-27-18(2)28(36-19(3)33)30(37-20(4)34)29(39-27)22-8-11-26(32)23(13-22)12-21-6-9-24(10-7-21)38-25-14-31(15-25)16-35-17-31/h7-12,14,19,26,28-30H,6,13,15-18H2,1-5H3;6-11,13,18,25,27-30H,5,12,14-17H2,1-4H3/t19-,28-,29+,30-,32?;18-,27-,28+,29?,30-/m11/s1. The van der Waals surface area contributed by atoms with Crippen molar-refractivity contribution in [2.24, 2.45) is 22.7 Å². The minimum absolute atomic E-state index is 0.139. The summed E-state index contributed by atoms with van der Waals surface area (Å²) in [7, 11) is 1.50. The summed E-state index contributed by atoms with van der Waals surface area (Å²) in [6.07, 6.45) is 2.97. The van der Waals surface area contributed by atoms with E-state index in [4.69, 9.17) is 75.3 Å². The summed E-state index contributed by atoms with van der Waals surface area (Å²) >= 11 is 13.3. The normalized spacial score (nSPS) is 29.0. The predicted molar refractivity (Wildman–Crippen MR) is 298 cm³/mol. The largest absolute Gasteiger partial charge is 0.490 e. The summed E-state index contributed by atoms with van der Waals surface area (Å²) in [5.74, 6) is -2.05. The Hall–Kier alpha value is -5.26. The monoisotopic (exact) mass is 1140 g/mol. The third-order valence-electron chi connectivity index (χ3n) is 16.8. The summed E-state index contributed by atoms with van der Waals surface area (Å²) < 4.78 is 65.0. The van der Waals surface area contributed by atoms with Gasteiger partial charge in [-0.3, -0.25) is 19.2 Å². The lowest BCUT2D eigenvalue weighted by atomic mass is 9.65. The first-order valence-electron chi connectivity index (χ1n) is 28.1. The summed E-state index contributed by atoms with van der Waals surface area (Å²) in [5, 5.41) is 1.22. The van der Waals surface area contributed by atoms with E-state index in [-0.39, 0.29) is 36.3 Å². The molecule has 0 aromatic heterocycles. The maximum Gasteiger partial charge on any atom is 0.303 e. The fourth-order valence-electron chi connectivity index (χ4n) is 12.5. The number of hydrogen-bond acceptors (Lipinski definition) is 15. The topological polar surface area (TPSA) is 170 Å². The Morgan fingerprint density at radius 1 is 0.562 bits per heavy atom.